The Bertz CT molecular complexity index is 859. The summed E-state index contributed by atoms with van der Waals surface area (Å²) >= 11 is 3.71. The number of benzene rings is 2. The molecule has 0 aliphatic carbocycles. The summed E-state index contributed by atoms with van der Waals surface area (Å²) in [5.74, 6) is 6.41. The Morgan fingerprint density at radius 2 is 1.92 bits per heavy atom. The molecular weight excluding hydrogens is 364 g/mol. The number of para-hydroxylation sites is 1. The quantitative estimate of drug-likeness (QED) is 0.615. The van der Waals surface area contributed by atoms with Gasteiger partial charge in [-0.2, -0.15) is 0 Å². The maximum Gasteiger partial charge on any atom is 0.335 e. The maximum absolute atomic E-state index is 10.9. The highest BCUT2D eigenvalue weighted by Crippen LogP contribution is 2.53. The molecular formula is C21H20O3S2. The molecule has 0 atom stereocenters. The first kappa shape index (κ1) is 18.8. The summed E-state index contributed by atoms with van der Waals surface area (Å²) in [6.07, 6.45) is 5.84. The van der Waals surface area contributed by atoms with Crippen molar-refractivity contribution in [2.24, 2.45) is 0 Å². The summed E-state index contributed by atoms with van der Waals surface area (Å²) in [7, 11) is 0. The van der Waals surface area contributed by atoms with Crippen molar-refractivity contribution in [3.8, 4) is 17.6 Å². The Morgan fingerprint density at radius 1 is 1.19 bits per heavy atom. The fraction of sp³-hybridized carbons (Fsp3) is 0.286. The van der Waals surface area contributed by atoms with Crippen LogP contribution in [0.25, 0.3) is 0 Å². The van der Waals surface area contributed by atoms with E-state index in [1.165, 1.54) is 5.56 Å². The van der Waals surface area contributed by atoms with Crippen molar-refractivity contribution in [3.63, 3.8) is 0 Å². The molecule has 26 heavy (non-hydrogen) atoms. The van der Waals surface area contributed by atoms with Gasteiger partial charge in [0.05, 0.1) is 21.8 Å². The minimum atomic E-state index is -0.915. The van der Waals surface area contributed by atoms with Crippen molar-refractivity contribution in [1.82, 2.24) is 0 Å². The molecule has 0 fully saturated rings. The number of rotatable bonds is 4. The van der Waals surface area contributed by atoms with Crippen LogP contribution in [0.3, 0.4) is 0 Å². The summed E-state index contributed by atoms with van der Waals surface area (Å²) in [4.78, 5) is 10.9. The van der Waals surface area contributed by atoms with Crippen molar-refractivity contribution in [3.05, 3.63) is 64.7 Å². The van der Waals surface area contributed by atoms with Gasteiger partial charge in [-0.25, -0.2) is 4.79 Å². The smallest absolute Gasteiger partial charge is 0.335 e. The lowest BCUT2D eigenvalue weighted by molar-refractivity contribution is 0.0697. The van der Waals surface area contributed by atoms with E-state index in [9.17, 15) is 4.79 Å². The summed E-state index contributed by atoms with van der Waals surface area (Å²) < 4.78 is 5.99. The van der Waals surface area contributed by atoms with Gasteiger partial charge < -0.3 is 9.84 Å². The van der Waals surface area contributed by atoms with Gasteiger partial charge in [-0.3, -0.25) is 0 Å². The van der Waals surface area contributed by atoms with Crippen LogP contribution >= 0.6 is 23.5 Å². The Hall–Kier alpha value is -2.03. The van der Waals surface area contributed by atoms with Crippen LogP contribution in [0.2, 0.25) is 0 Å². The minimum absolute atomic E-state index is 0.0257. The molecule has 0 aromatic heterocycles. The maximum atomic E-state index is 10.9. The first-order valence-electron chi connectivity index (χ1n) is 8.27. The third kappa shape index (κ3) is 3.72. The van der Waals surface area contributed by atoms with E-state index in [0.29, 0.717) is 13.0 Å². The molecule has 0 radical (unpaired) electrons. The Balaban J connectivity index is 1.84. The highest BCUT2D eigenvalue weighted by molar-refractivity contribution is 8.16. The van der Waals surface area contributed by atoms with E-state index in [1.807, 2.05) is 47.8 Å². The van der Waals surface area contributed by atoms with E-state index in [1.54, 1.807) is 12.1 Å². The Labute approximate surface area is 162 Å². The topological polar surface area (TPSA) is 46.5 Å². The lowest BCUT2D eigenvalue weighted by atomic mass is 10.0. The number of aromatic carboxylic acids is 1. The fourth-order valence-corrected chi connectivity index (χ4v) is 5.03. The molecule has 3 nitrogen and oxygen atoms in total. The summed E-state index contributed by atoms with van der Waals surface area (Å²) in [6.45, 7) is 0.698. The number of carboxylic acid groups (broad SMARTS) is 1. The van der Waals surface area contributed by atoms with Crippen molar-refractivity contribution in [2.45, 2.75) is 16.9 Å². The summed E-state index contributed by atoms with van der Waals surface area (Å²) in [5.41, 5.74) is 3.41. The lowest BCUT2D eigenvalue weighted by Crippen LogP contribution is -2.26. The number of hydrogen-bond acceptors (Lipinski definition) is 4. The number of carbonyl (C=O) groups is 1. The average molecular weight is 385 g/mol. The summed E-state index contributed by atoms with van der Waals surface area (Å²) in [6, 6.07) is 13.0. The first-order valence-corrected chi connectivity index (χ1v) is 10.7. The van der Waals surface area contributed by atoms with Gasteiger partial charge in [0.25, 0.3) is 0 Å². The van der Waals surface area contributed by atoms with Gasteiger partial charge in [-0.15, -0.1) is 23.5 Å². The van der Waals surface area contributed by atoms with Crippen LogP contribution in [0, 0.1) is 11.8 Å². The minimum Gasteiger partial charge on any atom is -0.492 e. The van der Waals surface area contributed by atoms with Crippen molar-refractivity contribution in [2.75, 3.05) is 19.1 Å². The molecule has 1 heterocycles. The molecule has 2 aromatic rings. The zero-order chi connectivity index (χ0) is 18.6. The molecule has 0 amide bonds. The van der Waals surface area contributed by atoms with E-state index in [2.05, 4.69) is 30.4 Å². The molecule has 0 saturated heterocycles. The molecule has 0 spiro atoms. The second kappa shape index (κ2) is 8.11. The number of hydrogen-bond donors (Lipinski definition) is 1. The Morgan fingerprint density at radius 3 is 2.58 bits per heavy atom. The molecule has 1 aliphatic heterocycles. The molecule has 134 valence electrons. The van der Waals surface area contributed by atoms with Crippen LogP contribution < -0.4 is 4.74 Å². The van der Waals surface area contributed by atoms with Crippen molar-refractivity contribution in [1.29, 1.82) is 0 Å². The average Bonchev–Trinajstić information content (AvgIpc) is 2.68. The number of ether oxygens (including phenoxy) is 1. The van der Waals surface area contributed by atoms with Crippen LogP contribution in [0.4, 0.5) is 0 Å². The van der Waals surface area contributed by atoms with Gasteiger partial charge in [-0.05, 0) is 36.3 Å². The van der Waals surface area contributed by atoms with E-state index in [-0.39, 0.29) is 9.64 Å². The standard InChI is InChI=1S/C21H20O3S2/c1-25-21(26-2)13-14-24-19-16(7-4-8-18(19)21)6-3-5-15-9-11-17(12-10-15)20(22)23/h4,7-12H,5,13-14H2,1-2H3,(H,22,23). The van der Waals surface area contributed by atoms with Crippen LogP contribution in [0.1, 0.15) is 33.5 Å². The summed E-state index contributed by atoms with van der Waals surface area (Å²) in [5, 5.41) is 8.95. The molecule has 1 N–H and O–H groups in total. The monoisotopic (exact) mass is 384 g/mol. The Kier molecular flexibility index (Phi) is 5.85. The zero-order valence-corrected chi connectivity index (χ0v) is 16.4. The van der Waals surface area contributed by atoms with E-state index in [4.69, 9.17) is 9.84 Å². The highest BCUT2D eigenvalue weighted by Gasteiger charge is 2.37. The number of thioether (sulfide) groups is 2. The first-order chi connectivity index (χ1) is 12.6. The van der Waals surface area contributed by atoms with Gasteiger partial charge in [0.2, 0.25) is 0 Å². The van der Waals surface area contributed by atoms with Gasteiger partial charge in [-0.1, -0.05) is 36.1 Å². The van der Waals surface area contributed by atoms with Crippen LogP contribution in [-0.2, 0) is 10.5 Å². The van der Waals surface area contributed by atoms with Crippen molar-refractivity contribution >= 4 is 29.5 Å². The van der Waals surface area contributed by atoms with Gasteiger partial charge in [0, 0.05) is 18.4 Å². The largest absolute Gasteiger partial charge is 0.492 e. The van der Waals surface area contributed by atoms with E-state index >= 15 is 0 Å². The van der Waals surface area contributed by atoms with Gasteiger partial charge >= 0.3 is 5.97 Å². The van der Waals surface area contributed by atoms with Gasteiger partial charge in [0.15, 0.2) is 0 Å². The second-order valence-electron chi connectivity index (χ2n) is 5.92. The van der Waals surface area contributed by atoms with Gasteiger partial charge in [0.1, 0.15) is 5.75 Å². The van der Waals surface area contributed by atoms with E-state index in [0.717, 1.165) is 23.3 Å². The fourth-order valence-electron chi connectivity index (χ4n) is 3.03. The van der Waals surface area contributed by atoms with Crippen LogP contribution in [-0.4, -0.2) is 30.2 Å². The molecule has 2 aromatic carbocycles. The van der Waals surface area contributed by atoms with Crippen LogP contribution in [0.15, 0.2) is 42.5 Å². The predicted octanol–water partition coefficient (Wildman–Crippen LogP) is 4.64. The number of carboxylic acids is 1. The SMILES string of the molecule is CSC1(SC)CCOc2c(C#CCc3ccc(C(=O)O)cc3)cccc21. The zero-order valence-electron chi connectivity index (χ0n) is 14.7. The molecule has 1 aliphatic rings. The highest BCUT2D eigenvalue weighted by atomic mass is 32.2. The molecule has 5 heteroatoms. The second-order valence-corrected chi connectivity index (χ2v) is 8.39. The normalized spacial score (nSPS) is 14.5. The lowest BCUT2D eigenvalue weighted by Gasteiger charge is -2.36. The molecule has 0 saturated carbocycles. The third-order valence-corrected chi connectivity index (χ3v) is 7.65. The van der Waals surface area contributed by atoms with E-state index < -0.39 is 5.97 Å². The van der Waals surface area contributed by atoms with Crippen LogP contribution in [0.5, 0.6) is 5.75 Å². The molecule has 0 bridgehead atoms. The third-order valence-electron chi connectivity index (χ3n) is 4.48. The van der Waals surface area contributed by atoms with Crippen molar-refractivity contribution < 1.29 is 14.6 Å². The molecule has 0 unspecified atom stereocenters. The number of fused-ring (bicyclic) bond motifs is 1. The molecule has 3 rings (SSSR count). The predicted molar refractivity (Wildman–Crippen MR) is 109 cm³/mol.